The predicted molar refractivity (Wildman–Crippen MR) is 48.3 cm³/mol. The van der Waals surface area contributed by atoms with Crippen LogP contribution < -0.4 is 5.32 Å². The van der Waals surface area contributed by atoms with E-state index in [-0.39, 0.29) is 5.91 Å². The lowest BCUT2D eigenvalue weighted by atomic mass is 10.2. The average molecular weight is 162 g/mol. The number of benzene rings is 1. The van der Waals surface area contributed by atoms with Gasteiger partial charge >= 0.3 is 0 Å². The summed E-state index contributed by atoms with van der Waals surface area (Å²) in [7, 11) is 0. The van der Waals surface area contributed by atoms with E-state index in [0.717, 1.165) is 5.56 Å². The molecule has 2 nitrogen and oxygen atoms in total. The van der Waals surface area contributed by atoms with E-state index < -0.39 is 0 Å². The third kappa shape index (κ3) is 2.74. The molecule has 1 radical (unpaired) electrons. The lowest BCUT2D eigenvalue weighted by molar-refractivity contribution is -0.117. The molecule has 1 aromatic rings. The Bertz CT molecular complexity index is 243. The van der Waals surface area contributed by atoms with Crippen molar-refractivity contribution >= 4 is 5.91 Å². The summed E-state index contributed by atoms with van der Waals surface area (Å²) >= 11 is 0. The number of nitrogens with one attached hydrogen (secondary N) is 1. The van der Waals surface area contributed by atoms with Crippen molar-refractivity contribution in [3.8, 4) is 0 Å². The molecule has 0 unspecified atom stereocenters. The van der Waals surface area contributed by atoms with E-state index in [1.54, 1.807) is 6.92 Å². The van der Waals surface area contributed by atoms with Gasteiger partial charge in [0, 0.05) is 13.0 Å². The maximum absolute atomic E-state index is 10.8. The van der Waals surface area contributed by atoms with Gasteiger partial charge in [-0.1, -0.05) is 37.3 Å². The molecule has 0 fully saturated rings. The molecule has 0 bridgehead atoms. The van der Waals surface area contributed by atoms with Crippen LogP contribution in [0.2, 0.25) is 0 Å². The highest BCUT2D eigenvalue weighted by Gasteiger charge is 1.95. The molecule has 0 aromatic heterocycles. The number of amides is 1. The molecule has 0 aliphatic rings. The number of rotatable bonds is 3. The maximum Gasteiger partial charge on any atom is 0.223 e. The first-order valence-electron chi connectivity index (χ1n) is 3.94. The summed E-state index contributed by atoms with van der Waals surface area (Å²) in [5.41, 5.74) is 1.12. The fraction of sp³-hybridized carbons (Fsp3) is 0.200. The minimum atomic E-state index is -0.0288. The Morgan fingerprint density at radius 1 is 1.42 bits per heavy atom. The van der Waals surface area contributed by atoms with Crippen molar-refractivity contribution in [2.24, 2.45) is 0 Å². The first-order valence-corrected chi connectivity index (χ1v) is 3.94. The molecule has 1 N–H and O–H groups in total. The predicted octanol–water partition coefficient (Wildman–Crippen LogP) is 1.53. The van der Waals surface area contributed by atoms with Crippen molar-refractivity contribution in [3.63, 3.8) is 0 Å². The Hall–Kier alpha value is -1.31. The van der Waals surface area contributed by atoms with E-state index in [4.69, 9.17) is 0 Å². The van der Waals surface area contributed by atoms with Crippen molar-refractivity contribution in [1.82, 2.24) is 5.32 Å². The standard InChI is InChI=1S/C10H12NO/c1-2-10(12)11-8-9-6-4-3-5-7-9/h2-7H,8H2,1H3,(H,11,12). The van der Waals surface area contributed by atoms with Crippen LogP contribution in [0.5, 0.6) is 0 Å². The number of hydrogen-bond donors (Lipinski definition) is 1. The molecule has 1 aromatic carbocycles. The largest absolute Gasteiger partial charge is 0.352 e. The molecule has 2 heteroatoms. The molecule has 0 spiro atoms. The quantitative estimate of drug-likeness (QED) is 0.717. The monoisotopic (exact) mass is 162 g/mol. The lowest BCUT2D eigenvalue weighted by Gasteiger charge is -2.01. The number of hydrogen-bond acceptors (Lipinski definition) is 1. The molecule has 0 aliphatic carbocycles. The van der Waals surface area contributed by atoms with Gasteiger partial charge in [0.2, 0.25) is 5.91 Å². The Labute approximate surface area is 72.6 Å². The van der Waals surface area contributed by atoms with E-state index in [1.165, 1.54) is 6.42 Å². The summed E-state index contributed by atoms with van der Waals surface area (Å²) in [4.78, 5) is 10.8. The highest BCUT2D eigenvalue weighted by molar-refractivity contribution is 5.83. The summed E-state index contributed by atoms with van der Waals surface area (Å²) in [5.74, 6) is -0.0288. The van der Waals surface area contributed by atoms with Gasteiger partial charge in [-0.25, -0.2) is 0 Å². The Morgan fingerprint density at radius 2 is 2.08 bits per heavy atom. The highest BCUT2D eigenvalue weighted by atomic mass is 16.1. The van der Waals surface area contributed by atoms with Crippen LogP contribution in [0.3, 0.4) is 0 Å². The second-order valence-corrected chi connectivity index (χ2v) is 2.49. The molecule has 0 saturated carbocycles. The van der Waals surface area contributed by atoms with E-state index in [2.05, 4.69) is 5.32 Å². The van der Waals surface area contributed by atoms with Crippen molar-refractivity contribution in [1.29, 1.82) is 0 Å². The summed E-state index contributed by atoms with van der Waals surface area (Å²) < 4.78 is 0. The molecule has 0 heterocycles. The van der Waals surface area contributed by atoms with Gasteiger partial charge in [-0.15, -0.1) is 0 Å². The summed E-state index contributed by atoms with van der Waals surface area (Å²) in [6.07, 6.45) is 1.52. The molecular weight excluding hydrogens is 150 g/mol. The normalized spacial score (nSPS) is 9.42. The SMILES string of the molecule is C[CH]C(=O)NCc1ccccc1. The van der Waals surface area contributed by atoms with E-state index in [9.17, 15) is 4.79 Å². The van der Waals surface area contributed by atoms with Gasteiger partial charge in [0.15, 0.2) is 0 Å². The first-order chi connectivity index (χ1) is 5.83. The van der Waals surface area contributed by atoms with Crippen molar-refractivity contribution < 1.29 is 4.79 Å². The van der Waals surface area contributed by atoms with Gasteiger partial charge in [-0.2, -0.15) is 0 Å². The van der Waals surface area contributed by atoms with E-state index >= 15 is 0 Å². The maximum atomic E-state index is 10.8. The van der Waals surface area contributed by atoms with E-state index in [0.29, 0.717) is 6.54 Å². The fourth-order valence-electron chi connectivity index (χ4n) is 0.887. The zero-order valence-electron chi connectivity index (χ0n) is 7.08. The summed E-state index contributed by atoms with van der Waals surface area (Å²) in [5, 5.41) is 2.75. The van der Waals surface area contributed by atoms with Crippen LogP contribution in [-0.4, -0.2) is 5.91 Å². The highest BCUT2D eigenvalue weighted by Crippen LogP contribution is 1.96. The van der Waals surface area contributed by atoms with Crippen LogP contribution in [0.1, 0.15) is 12.5 Å². The molecule has 0 aliphatic heterocycles. The third-order valence-corrected chi connectivity index (χ3v) is 1.57. The van der Waals surface area contributed by atoms with Gasteiger partial charge in [0.05, 0.1) is 0 Å². The molecule has 63 valence electrons. The van der Waals surface area contributed by atoms with Gasteiger partial charge in [-0.05, 0) is 5.56 Å². The van der Waals surface area contributed by atoms with Crippen LogP contribution in [0.25, 0.3) is 0 Å². The van der Waals surface area contributed by atoms with Crippen LogP contribution in [0, 0.1) is 6.42 Å². The minimum absolute atomic E-state index is 0.0288. The van der Waals surface area contributed by atoms with Crippen molar-refractivity contribution in [2.75, 3.05) is 0 Å². The molecule has 0 saturated heterocycles. The second-order valence-electron chi connectivity index (χ2n) is 2.49. The minimum Gasteiger partial charge on any atom is -0.352 e. The van der Waals surface area contributed by atoms with Gasteiger partial charge < -0.3 is 5.32 Å². The van der Waals surface area contributed by atoms with Gasteiger partial charge in [0.1, 0.15) is 0 Å². The smallest absolute Gasteiger partial charge is 0.223 e. The van der Waals surface area contributed by atoms with Crippen molar-refractivity contribution in [2.45, 2.75) is 13.5 Å². The Morgan fingerprint density at radius 3 is 2.67 bits per heavy atom. The number of carbonyl (C=O) groups excluding carboxylic acids is 1. The van der Waals surface area contributed by atoms with Gasteiger partial charge in [0.25, 0.3) is 0 Å². The summed E-state index contributed by atoms with van der Waals surface area (Å²) in [6.45, 7) is 2.32. The zero-order valence-corrected chi connectivity index (χ0v) is 7.08. The topological polar surface area (TPSA) is 29.1 Å². The fourth-order valence-corrected chi connectivity index (χ4v) is 0.887. The lowest BCUT2D eigenvalue weighted by Crippen LogP contribution is -2.21. The Balaban J connectivity index is 2.38. The summed E-state index contributed by atoms with van der Waals surface area (Å²) in [6, 6.07) is 9.83. The van der Waals surface area contributed by atoms with Crippen LogP contribution in [-0.2, 0) is 11.3 Å². The molecule has 1 rings (SSSR count). The second kappa shape index (κ2) is 4.54. The third-order valence-electron chi connectivity index (χ3n) is 1.57. The average Bonchev–Trinajstić information content (AvgIpc) is 2.16. The van der Waals surface area contributed by atoms with Crippen LogP contribution in [0.4, 0.5) is 0 Å². The molecule has 0 atom stereocenters. The van der Waals surface area contributed by atoms with Crippen LogP contribution in [0.15, 0.2) is 30.3 Å². The van der Waals surface area contributed by atoms with Crippen LogP contribution >= 0.6 is 0 Å². The molecular formula is C10H12NO. The molecule has 1 amide bonds. The number of carbonyl (C=O) groups is 1. The van der Waals surface area contributed by atoms with E-state index in [1.807, 2.05) is 30.3 Å². The molecule has 12 heavy (non-hydrogen) atoms. The Kier molecular flexibility index (Phi) is 3.33. The zero-order chi connectivity index (χ0) is 8.81. The first kappa shape index (κ1) is 8.78. The van der Waals surface area contributed by atoms with Gasteiger partial charge in [-0.3, -0.25) is 4.79 Å². The van der Waals surface area contributed by atoms with Crippen molar-refractivity contribution in [3.05, 3.63) is 42.3 Å².